The zero-order valence-electron chi connectivity index (χ0n) is 23.2. The Labute approximate surface area is 252 Å². The lowest BCUT2D eigenvalue weighted by Gasteiger charge is -2.28. The molecule has 0 saturated carbocycles. The molecule has 0 radical (unpaired) electrons. The van der Waals surface area contributed by atoms with Gasteiger partial charge in [-0.3, -0.25) is 0 Å². The number of hydrogen-bond acceptors (Lipinski definition) is 8. The van der Waals surface area contributed by atoms with Crippen LogP contribution in [0.1, 0.15) is 80.7 Å². The van der Waals surface area contributed by atoms with E-state index < -0.39 is 23.9 Å². The summed E-state index contributed by atoms with van der Waals surface area (Å²) in [6.07, 6.45) is -0.149. The van der Waals surface area contributed by atoms with Crippen molar-refractivity contribution in [3.8, 4) is 46.0 Å². The minimum atomic E-state index is -0.612. The van der Waals surface area contributed by atoms with Crippen LogP contribution in [0.4, 0.5) is 0 Å². The van der Waals surface area contributed by atoms with Crippen LogP contribution in [0, 0.1) is 0 Å². The molecular formula is C36H28O8. The average Bonchev–Trinajstić information content (AvgIpc) is 3.51. The number of rotatable bonds is 3. The second-order valence-corrected chi connectivity index (χ2v) is 12.0. The summed E-state index contributed by atoms with van der Waals surface area (Å²) in [6, 6.07) is 22.5. The van der Waals surface area contributed by atoms with Crippen LogP contribution >= 0.6 is 0 Å². The van der Waals surface area contributed by atoms with Gasteiger partial charge in [-0.15, -0.1) is 0 Å². The van der Waals surface area contributed by atoms with E-state index >= 15 is 0 Å². The number of phenolic OH excluding ortho intramolecular Hbond substituents is 7. The third kappa shape index (κ3) is 3.77. The number of ether oxygens (including phenoxy) is 1. The lowest BCUT2D eigenvalue weighted by Crippen LogP contribution is -2.15. The van der Waals surface area contributed by atoms with Crippen molar-refractivity contribution in [3.05, 3.63) is 129 Å². The van der Waals surface area contributed by atoms with E-state index in [1.54, 1.807) is 60.7 Å². The normalized spacial score (nSPS) is 22.6. The molecule has 0 spiro atoms. The minimum absolute atomic E-state index is 0.0154. The predicted molar refractivity (Wildman–Crippen MR) is 160 cm³/mol. The van der Waals surface area contributed by atoms with Gasteiger partial charge in [-0.05, 0) is 82.6 Å². The monoisotopic (exact) mass is 588 g/mol. The van der Waals surface area contributed by atoms with Gasteiger partial charge in [0.25, 0.3) is 0 Å². The zero-order chi connectivity index (χ0) is 30.4. The van der Waals surface area contributed by atoms with Crippen LogP contribution in [-0.4, -0.2) is 35.7 Å². The lowest BCUT2D eigenvalue weighted by atomic mass is 9.76. The van der Waals surface area contributed by atoms with Crippen LogP contribution in [0.25, 0.3) is 0 Å². The molecule has 5 unspecified atom stereocenters. The molecule has 0 saturated heterocycles. The van der Waals surface area contributed by atoms with Gasteiger partial charge in [0.2, 0.25) is 0 Å². The summed E-state index contributed by atoms with van der Waals surface area (Å²) in [7, 11) is 0. The van der Waals surface area contributed by atoms with Gasteiger partial charge in [-0.2, -0.15) is 0 Å². The van der Waals surface area contributed by atoms with Gasteiger partial charge >= 0.3 is 0 Å². The van der Waals surface area contributed by atoms with Crippen molar-refractivity contribution < 1.29 is 40.5 Å². The van der Waals surface area contributed by atoms with Crippen molar-refractivity contribution in [2.24, 2.45) is 0 Å². The van der Waals surface area contributed by atoms with Gasteiger partial charge in [0.1, 0.15) is 52.1 Å². The van der Waals surface area contributed by atoms with E-state index in [-0.39, 0.29) is 46.2 Å². The fourth-order valence-corrected chi connectivity index (χ4v) is 7.92. The second-order valence-electron chi connectivity index (χ2n) is 12.0. The van der Waals surface area contributed by atoms with Gasteiger partial charge < -0.3 is 40.5 Å². The first-order valence-corrected chi connectivity index (χ1v) is 14.4. The molecule has 0 fully saturated rings. The molecule has 5 aromatic rings. The summed E-state index contributed by atoms with van der Waals surface area (Å²) in [5, 5.41) is 74.9. The van der Waals surface area contributed by atoms with Gasteiger partial charge in [-0.25, -0.2) is 0 Å². The summed E-state index contributed by atoms with van der Waals surface area (Å²) in [5.74, 6) is -1.38. The number of aromatic hydroxyl groups is 7. The molecule has 0 aromatic heterocycles. The van der Waals surface area contributed by atoms with Crippen molar-refractivity contribution in [2.75, 3.05) is 0 Å². The number of hydrogen-bond donors (Lipinski definition) is 7. The summed E-state index contributed by atoms with van der Waals surface area (Å²) < 4.78 is 6.58. The first-order chi connectivity index (χ1) is 21.2. The molecule has 8 nitrogen and oxygen atoms in total. The Balaban J connectivity index is 1.46. The topological polar surface area (TPSA) is 151 Å². The molecule has 5 atom stereocenters. The maximum absolute atomic E-state index is 11.6. The van der Waals surface area contributed by atoms with E-state index in [1.807, 2.05) is 12.1 Å². The lowest BCUT2D eigenvalue weighted by molar-refractivity contribution is 0.221. The molecule has 1 aliphatic heterocycles. The van der Waals surface area contributed by atoms with E-state index in [9.17, 15) is 35.7 Å². The van der Waals surface area contributed by atoms with Crippen molar-refractivity contribution in [1.82, 2.24) is 0 Å². The Morgan fingerprint density at radius 2 is 1.07 bits per heavy atom. The molecular weight excluding hydrogens is 560 g/mol. The Kier molecular flexibility index (Phi) is 5.50. The number of phenols is 7. The van der Waals surface area contributed by atoms with E-state index in [0.29, 0.717) is 34.4 Å². The molecule has 220 valence electrons. The van der Waals surface area contributed by atoms with E-state index in [0.717, 1.165) is 22.3 Å². The molecule has 7 N–H and O–H groups in total. The Hall–Kier alpha value is -5.50. The molecule has 5 aromatic carbocycles. The maximum atomic E-state index is 11.6. The van der Waals surface area contributed by atoms with E-state index in [2.05, 4.69) is 0 Å². The number of fused-ring (bicyclic) bond motifs is 2. The summed E-state index contributed by atoms with van der Waals surface area (Å²) >= 11 is 0. The molecule has 44 heavy (non-hydrogen) atoms. The predicted octanol–water partition coefficient (Wildman–Crippen LogP) is 6.66. The first kappa shape index (κ1) is 26.2. The van der Waals surface area contributed by atoms with Crippen LogP contribution in [0.5, 0.6) is 46.0 Å². The summed E-state index contributed by atoms with van der Waals surface area (Å²) in [4.78, 5) is 0. The smallest absolute Gasteiger partial charge is 0.135 e. The van der Waals surface area contributed by atoms with Gasteiger partial charge in [0.05, 0.1) is 5.92 Å². The number of benzene rings is 5. The first-order valence-electron chi connectivity index (χ1n) is 14.4. The molecule has 2 aliphatic carbocycles. The summed E-state index contributed by atoms with van der Waals surface area (Å²) in [6.45, 7) is 0. The van der Waals surface area contributed by atoms with Crippen LogP contribution in [0.2, 0.25) is 0 Å². The standard InChI is InChI=1S/C36H28O8/c37-19-5-1-16(2-6-19)30-26-14-24(18-9-21(39)11-22(40)10-18)31-28(43)15-29-35(33(26)31)34(25-12-23(41)13-27(42)32(25)30)36(44-29)17-3-7-20(38)8-4-17/h1-13,15,24,26,30,34,36-43H,14H2. The fraction of sp³-hybridized carbons (Fsp3) is 0.167. The Bertz CT molecular complexity index is 1940. The molecule has 0 bridgehead atoms. The highest BCUT2D eigenvalue weighted by molar-refractivity contribution is 5.70. The largest absolute Gasteiger partial charge is 0.508 e. The second kappa shape index (κ2) is 9.25. The van der Waals surface area contributed by atoms with Crippen molar-refractivity contribution in [3.63, 3.8) is 0 Å². The average molecular weight is 589 g/mol. The highest BCUT2D eigenvalue weighted by Crippen LogP contribution is 2.67. The van der Waals surface area contributed by atoms with Crippen LogP contribution in [0.15, 0.2) is 84.9 Å². The zero-order valence-corrected chi connectivity index (χ0v) is 23.2. The Morgan fingerprint density at radius 3 is 1.73 bits per heavy atom. The van der Waals surface area contributed by atoms with Crippen LogP contribution < -0.4 is 4.74 Å². The fourth-order valence-electron chi connectivity index (χ4n) is 7.92. The van der Waals surface area contributed by atoms with Crippen molar-refractivity contribution in [2.45, 2.75) is 36.2 Å². The molecule has 0 amide bonds. The maximum Gasteiger partial charge on any atom is 0.135 e. The molecule has 1 heterocycles. The third-order valence-corrected chi connectivity index (χ3v) is 9.49. The van der Waals surface area contributed by atoms with Crippen molar-refractivity contribution >= 4 is 0 Å². The highest BCUT2D eigenvalue weighted by atomic mass is 16.5. The highest BCUT2D eigenvalue weighted by Gasteiger charge is 2.52. The van der Waals surface area contributed by atoms with Crippen LogP contribution in [0.3, 0.4) is 0 Å². The van der Waals surface area contributed by atoms with Gasteiger partial charge in [0.15, 0.2) is 0 Å². The molecule has 8 rings (SSSR count). The van der Waals surface area contributed by atoms with E-state index in [1.165, 1.54) is 12.1 Å². The quantitative estimate of drug-likeness (QED) is 0.124. The molecule has 3 aliphatic rings. The molecule has 8 heteroatoms. The van der Waals surface area contributed by atoms with E-state index in [4.69, 9.17) is 4.74 Å². The minimum Gasteiger partial charge on any atom is -0.508 e. The van der Waals surface area contributed by atoms with Crippen molar-refractivity contribution in [1.29, 1.82) is 0 Å². The summed E-state index contributed by atoms with van der Waals surface area (Å²) in [5.41, 5.74) is 5.83. The SMILES string of the molecule is Oc1ccc(C2Oc3cc(O)c4c5c3C2c2cc(O)cc(O)c2C(c2ccc(O)cc2)C5CC4c2cc(O)cc(O)c2)cc1. The van der Waals surface area contributed by atoms with Crippen LogP contribution in [-0.2, 0) is 0 Å². The third-order valence-electron chi connectivity index (χ3n) is 9.49. The Morgan fingerprint density at radius 1 is 0.477 bits per heavy atom. The van der Waals surface area contributed by atoms with Gasteiger partial charge in [-0.1, -0.05) is 24.3 Å². The van der Waals surface area contributed by atoms with Gasteiger partial charge in [0, 0.05) is 46.7 Å².